The van der Waals surface area contributed by atoms with Gasteiger partial charge in [-0.15, -0.1) is 23.1 Å². The number of hydrogen-bond donors (Lipinski definition) is 0. The zero-order valence-electron chi connectivity index (χ0n) is 16.3. The second kappa shape index (κ2) is 8.35. The fourth-order valence-corrected chi connectivity index (χ4v) is 6.63. The van der Waals surface area contributed by atoms with E-state index in [2.05, 4.69) is 35.2 Å². The van der Waals surface area contributed by atoms with Gasteiger partial charge >= 0.3 is 0 Å². The Morgan fingerprint density at radius 3 is 2.62 bits per heavy atom. The number of benzene rings is 1. The maximum absolute atomic E-state index is 10.0. The first-order valence-corrected chi connectivity index (χ1v) is 12.0. The minimum Gasteiger partial charge on any atom is -0.378 e. The third-order valence-corrected chi connectivity index (χ3v) is 8.17. The highest BCUT2D eigenvalue weighted by molar-refractivity contribution is 8.00. The van der Waals surface area contributed by atoms with Crippen LogP contribution in [0.5, 0.6) is 0 Å². The molecule has 1 aromatic carbocycles. The Hall–Kier alpha value is -2.07. The molecule has 0 amide bonds. The highest BCUT2D eigenvalue weighted by Crippen LogP contribution is 2.44. The second-order valence-electron chi connectivity index (χ2n) is 7.53. The molecule has 0 saturated carbocycles. The molecule has 2 aromatic heterocycles. The fraction of sp³-hybridized carbons (Fsp3) is 0.391. The number of thiophene rings is 1. The van der Waals surface area contributed by atoms with Crippen LogP contribution in [-0.2, 0) is 23.3 Å². The zero-order valence-corrected chi connectivity index (χ0v) is 18.0. The minimum absolute atomic E-state index is 0.764. The molecule has 0 radical (unpaired) electrons. The van der Waals surface area contributed by atoms with E-state index in [1.54, 1.807) is 23.1 Å². The van der Waals surface area contributed by atoms with E-state index in [1.165, 1.54) is 29.5 Å². The zero-order chi connectivity index (χ0) is 19.6. The van der Waals surface area contributed by atoms with Crippen LogP contribution in [-0.4, -0.2) is 31.3 Å². The summed E-state index contributed by atoms with van der Waals surface area (Å²) in [6, 6.07) is 13.0. The molecule has 29 heavy (non-hydrogen) atoms. The lowest BCUT2D eigenvalue weighted by atomic mass is 9.89. The first kappa shape index (κ1) is 18.9. The first-order chi connectivity index (χ1) is 14.3. The molecular weight excluding hydrogens is 398 g/mol. The predicted molar refractivity (Wildman–Crippen MR) is 120 cm³/mol. The van der Waals surface area contributed by atoms with E-state index < -0.39 is 0 Å². The topological polar surface area (TPSA) is 49.2 Å². The maximum atomic E-state index is 10.0. The van der Waals surface area contributed by atoms with Crippen molar-refractivity contribution in [3.05, 3.63) is 52.6 Å². The first-order valence-electron chi connectivity index (χ1n) is 10.2. The molecule has 1 fully saturated rings. The van der Waals surface area contributed by atoms with Gasteiger partial charge < -0.3 is 9.64 Å². The molecule has 1 aliphatic heterocycles. The number of anilines is 1. The standard InChI is InChI=1S/C23H23N3OS2/c24-14-19-20-17-8-4-5-9-18(17)21(26-10-12-27-13-11-26)25-22(20)29-23(19)28-15-16-6-2-1-3-7-16/h1-3,6-7H,4-5,8-13,15H2. The Bertz CT molecular complexity index is 1070. The van der Waals surface area contributed by atoms with Crippen LogP contribution < -0.4 is 4.90 Å². The molecule has 1 saturated heterocycles. The van der Waals surface area contributed by atoms with Gasteiger partial charge in [0.2, 0.25) is 0 Å². The number of nitrogens with zero attached hydrogens (tertiary/aromatic N) is 3. The number of aryl methyl sites for hydroxylation is 1. The van der Waals surface area contributed by atoms with E-state index in [0.29, 0.717) is 0 Å². The molecule has 3 heterocycles. The van der Waals surface area contributed by atoms with E-state index in [1.807, 2.05) is 6.07 Å². The molecule has 0 spiro atoms. The van der Waals surface area contributed by atoms with Crippen molar-refractivity contribution in [1.82, 2.24) is 4.98 Å². The van der Waals surface area contributed by atoms with Crippen LogP contribution in [0.3, 0.4) is 0 Å². The molecule has 0 unspecified atom stereocenters. The van der Waals surface area contributed by atoms with Gasteiger partial charge in [0, 0.05) is 24.2 Å². The Morgan fingerprint density at radius 1 is 1.10 bits per heavy atom. The van der Waals surface area contributed by atoms with Gasteiger partial charge in [0.1, 0.15) is 16.7 Å². The van der Waals surface area contributed by atoms with Crippen molar-refractivity contribution >= 4 is 39.1 Å². The molecule has 0 N–H and O–H groups in total. The fourth-order valence-electron chi connectivity index (χ4n) is 4.31. The SMILES string of the molecule is N#Cc1c(SCc2ccccc2)sc2nc(N3CCOCC3)c3c(c12)CCCC3. The number of aromatic nitrogens is 1. The van der Waals surface area contributed by atoms with E-state index in [9.17, 15) is 5.26 Å². The molecule has 0 bridgehead atoms. The summed E-state index contributed by atoms with van der Waals surface area (Å²) in [7, 11) is 0. The highest BCUT2D eigenvalue weighted by Gasteiger charge is 2.27. The predicted octanol–water partition coefficient (Wildman–Crippen LogP) is 5.18. The Labute approximate surface area is 179 Å². The van der Waals surface area contributed by atoms with Crippen LogP contribution >= 0.6 is 23.1 Å². The average Bonchev–Trinajstić information content (AvgIpc) is 3.16. The monoisotopic (exact) mass is 421 g/mol. The molecule has 6 heteroatoms. The van der Waals surface area contributed by atoms with Crippen LogP contribution in [0.25, 0.3) is 10.2 Å². The van der Waals surface area contributed by atoms with Crippen molar-refractivity contribution in [1.29, 1.82) is 5.26 Å². The highest BCUT2D eigenvalue weighted by atomic mass is 32.2. The minimum atomic E-state index is 0.764. The largest absolute Gasteiger partial charge is 0.378 e. The Balaban J connectivity index is 1.59. The summed E-state index contributed by atoms with van der Waals surface area (Å²) < 4.78 is 6.66. The lowest BCUT2D eigenvalue weighted by molar-refractivity contribution is 0.122. The van der Waals surface area contributed by atoms with E-state index in [0.717, 1.165) is 70.7 Å². The summed E-state index contributed by atoms with van der Waals surface area (Å²) in [6.45, 7) is 3.33. The van der Waals surface area contributed by atoms with Crippen molar-refractivity contribution in [2.75, 3.05) is 31.2 Å². The van der Waals surface area contributed by atoms with Crippen molar-refractivity contribution in [3.63, 3.8) is 0 Å². The molecule has 2 aliphatic rings. The third-order valence-electron chi connectivity index (χ3n) is 5.74. The van der Waals surface area contributed by atoms with Gasteiger partial charge in [-0.3, -0.25) is 0 Å². The van der Waals surface area contributed by atoms with Crippen molar-refractivity contribution in [2.24, 2.45) is 0 Å². The summed E-state index contributed by atoms with van der Waals surface area (Å²) in [5.41, 5.74) is 4.87. The van der Waals surface area contributed by atoms with E-state index >= 15 is 0 Å². The second-order valence-corrected chi connectivity index (χ2v) is 9.77. The smallest absolute Gasteiger partial charge is 0.133 e. The number of thioether (sulfide) groups is 1. The van der Waals surface area contributed by atoms with Gasteiger partial charge in [-0.25, -0.2) is 4.98 Å². The van der Waals surface area contributed by atoms with Crippen LogP contribution in [0, 0.1) is 11.3 Å². The van der Waals surface area contributed by atoms with Crippen LogP contribution in [0.1, 0.15) is 35.1 Å². The maximum Gasteiger partial charge on any atom is 0.133 e. The molecule has 148 valence electrons. The lowest BCUT2D eigenvalue weighted by Crippen LogP contribution is -2.37. The summed E-state index contributed by atoms with van der Waals surface area (Å²) in [4.78, 5) is 8.53. The lowest BCUT2D eigenvalue weighted by Gasteiger charge is -2.31. The third kappa shape index (κ3) is 3.63. The summed E-state index contributed by atoms with van der Waals surface area (Å²) >= 11 is 3.46. The number of morpholine rings is 1. The van der Waals surface area contributed by atoms with Gasteiger partial charge in [-0.05, 0) is 42.4 Å². The number of ether oxygens (including phenoxy) is 1. The molecule has 4 nitrogen and oxygen atoms in total. The summed E-state index contributed by atoms with van der Waals surface area (Å²) in [5, 5.41) is 11.1. The average molecular weight is 422 g/mol. The molecular formula is C23H23N3OS2. The van der Waals surface area contributed by atoms with E-state index in [-0.39, 0.29) is 0 Å². The normalized spacial score (nSPS) is 16.6. The van der Waals surface area contributed by atoms with Gasteiger partial charge in [0.05, 0.1) is 23.0 Å². The van der Waals surface area contributed by atoms with Gasteiger partial charge in [0.25, 0.3) is 0 Å². The quantitative estimate of drug-likeness (QED) is 0.544. The van der Waals surface area contributed by atoms with Gasteiger partial charge in [-0.2, -0.15) is 5.26 Å². The van der Waals surface area contributed by atoms with Crippen LogP contribution in [0.2, 0.25) is 0 Å². The van der Waals surface area contributed by atoms with Crippen LogP contribution in [0.4, 0.5) is 5.82 Å². The molecule has 0 atom stereocenters. The van der Waals surface area contributed by atoms with Crippen molar-refractivity contribution < 1.29 is 4.74 Å². The number of hydrogen-bond acceptors (Lipinski definition) is 6. The number of rotatable bonds is 4. The van der Waals surface area contributed by atoms with Gasteiger partial charge in [0.15, 0.2) is 0 Å². The Morgan fingerprint density at radius 2 is 1.86 bits per heavy atom. The summed E-state index contributed by atoms with van der Waals surface area (Å²) in [6.07, 6.45) is 4.53. The number of pyridine rings is 1. The van der Waals surface area contributed by atoms with Crippen molar-refractivity contribution in [2.45, 2.75) is 35.6 Å². The van der Waals surface area contributed by atoms with Crippen molar-refractivity contribution in [3.8, 4) is 6.07 Å². The number of nitriles is 1. The molecule has 1 aliphatic carbocycles. The number of fused-ring (bicyclic) bond motifs is 3. The van der Waals surface area contributed by atoms with Gasteiger partial charge in [-0.1, -0.05) is 30.3 Å². The van der Waals surface area contributed by atoms with Crippen LogP contribution in [0.15, 0.2) is 34.5 Å². The summed E-state index contributed by atoms with van der Waals surface area (Å²) in [5.74, 6) is 2.02. The molecule has 5 rings (SSSR count). The molecule has 3 aromatic rings. The Kier molecular flexibility index (Phi) is 5.45. The van der Waals surface area contributed by atoms with E-state index in [4.69, 9.17) is 9.72 Å².